The molecular weight excluding hydrogens is 570 g/mol. The largest absolute Gasteiger partial charge is 0.480 e. The third kappa shape index (κ3) is 6.72. The Balaban J connectivity index is 2.01. The number of rotatable bonds is 12. The standard InChI is InChI=1S/C33H36ClN3O4S/c1-5-20-8-7-9-21(6-2)30(20)37-28(16-19(3)4)24(29(38)15-14-26(35)33(40)41)17-25(32(37)39)31-36-27(18-42-31)22-10-12-23(34)13-11-22/h7-13,17-19,26H,5-6,14-16,35H2,1-4H3,(H,40,41)/t26-/m1/s1. The Bertz CT molecular complexity index is 1630. The fourth-order valence-corrected chi connectivity index (χ4v) is 6.03. The minimum atomic E-state index is -1.15. The summed E-state index contributed by atoms with van der Waals surface area (Å²) in [5, 5.41) is 12.3. The number of carbonyl (C=O) groups excluding carboxylic acids is 1. The van der Waals surface area contributed by atoms with Crippen LogP contribution in [0.2, 0.25) is 5.02 Å². The summed E-state index contributed by atoms with van der Waals surface area (Å²) in [4.78, 5) is 44.5. The average Bonchev–Trinajstić information content (AvgIpc) is 3.45. The van der Waals surface area contributed by atoms with E-state index in [4.69, 9.17) is 22.3 Å². The van der Waals surface area contributed by atoms with Crippen LogP contribution in [-0.4, -0.2) is 32.5 Å². The van der Waals surface area contributed by atoms with Gasteiger partial charge in [0.2, 0.25) is 0 Å². The number of hydrogen-bond donors (Lipinski definition) is 2. The third-order valence-corrected chi connectivity index (χ3v) is 8.40. The SMILES string of the molecule is CCc1cccc(CC)c1-n1c(CC(C)C)c(C(=O)CC[C@@H](N)C(=O)O)cc(-c2nc(-c3ccc(Cl)cc3)cs2)c1=O. The highest BCUT2D eigenvalue weighted by Crippen LogP contribution is 2.32. The smallest absolute Gasteiger partial charge is 0.320 e. The van der Waals surface area contributed by atoms with Crippen molar-refractivity contribution in [1.82, 2.24) is 9.55 Å². The highest BCUT2D eigenvalue weighted by molar-refractivity contribution is 7.13. The average molecular weight is 606 g/mol. The molecule has 0 saturated heterocycles. The summed E-state index contributed by atoms with van der Waals surface area (Å²) in [6, 6.07) is 13.8. The van der Waals surface area contributed by atoms with Gasteiger partial charge in [0.1, 0.15) is 11.0 Å². The summed E-state index contributed by atoms with van der Waals surface area (Å²) >= 11 is 7.41. The number of hydrogen-bond acceptors (Lipinski definition) is 6. The van der Waals surface area contributed by atoms with Crippen molar-refractivity contribution < 1.29 is 14.7 Å². The van der Waals surface area contributed by atoms with Gasteiger partial charge in [0.15, 0.2) is 5.78 Å². The summed E-state index contributed by atoms with van der Waals surface area (Å²) in [5.74, 6) is -1.26. The van der Waals surface area contributed by atoms with Gasteiger partial charge in [-0.1, -0.05) is 69.6 Å². The second kappa shape index (κ2) is 13.6. The quantitative estimate of drug-likeness (QED) is 0.168. The van der Waals surface area contributed by atoms with Gasteiger partial charge >= 0.3 is 5.97 Å². The first-order valence-corrected chi connectivity index (χ1v) is 15.4. The van der Waals surface area contributed by atoms with Crippen LogP contribution in [0.3, 0.4) is 0 Å². The molecule has 2 heterocycles. The minimum Gasteiger partial charge on any atom is -0.480 e. The van der Waals surface area contributed by atoms with E-state index in [0.29, 0.717) is 51.8 Å². The van der Waals surface area contributed by atoms with Gasteiger partial charge in [-0.3, -0.25) is 19.0 Å². The van der Waals surface area contributed by atoms with Crippen molar-refractivity contribution in [3.8, 4) is 27.5 Å². The molecule has 0 aliphatic heterocycles. The number of benzene rings is 2. The zero-order valence-corrected chi connectivity index (χ0v) is 25.9. The monoisotopic (exact) mass is 605 g/mol. The van der Waals surface area contributed by atoms with Crippen LogP contribution in [0, 0.1) is 5.92 Å². The van der Waals surface area contributed by atoms with E-state index in [1.807, 2.05) is 63.4 Å². The van der Waals surface area contributed by atoms with Gasteiger partial charge < -0.3 is 10.8 Å². The van der Waals surface area contributed by atoms with Crippen molar-refractivity contribution >= 4 is 34.7 Å². The topological polar surface area (TPSA) is 115 Å². The predicted octanol–water partition coefficient (Wildman–Crippen LogP) is 6.98. The molecule has 7 nitrogen and oxygen atoms in total. The first-order valence-electron chi connectivity index (χ1n) is 14.2. The van der Waals surface area contributed by atoms with Crippen molar-refractivity contribution in [3.63, 3.8) is 0 Å². The molecule has 2 aromatic heterocycles. The Kier molecular flexibility index (Phi) is 10.1. The van der Waals surface area contributed by atoms with E-state index >= 15 is 0 Å². The summed E-state index contributed by atoms with van der Waals surface area (Å²) in [6.07, 6.45) is 1.83. The van der Waals surface area contributed by atoms with Crippen molar-refractivity contribution in [2.75, 3.05) is 0 Å². The number of Topliss-reactive ketones (excluding diaryl/α,β-unsaturated/α-hetero) is 1. The fourth-order valence-electron chi connectivity index (χ4n) is 5.07. The fraction of sp³-hybridized carbons (Fsp3) is 0.333. The van der Waals surface area contributed by atoms with Crippen LogP contribution in [0.1, 0.15) is 67.7 Å². The Morgan fingerprint density at radius 1 is 1.07 bits per heavy atom. The predicted molar refractivity (Wildman–Crippen MR) is 170 cm³/mol. The lowest BCUT2D eigenvalue weighted by atomic mass is 9.94. The van der Waals surface area contributed by atoms with Gasteiger partial charge in [0.25, 0.3) is 5.56 Å². The van der Waals surface area contributed by atoms with Crippen LogP contribution in [0.15, 0.2) is 58.7 Å². The van der Waals surface area contributed by atoms with E-state index in [0.717, 1.165) is 22.4 Å². The molecule has 220 valence electrons. The van der Waals surface area contributed by atoms with Crippen LogP contribution in [0.5, 0.6) is 0 Å². The zero-order chi connectivity index (χ0) is 30.6. The molecule has 0 fully saturated rings. The van der Waals surface area contributed by atoms with E-state index in [-0.39, 0.29) is 30.1 Å². The second-order valence-electron chi connectivity index (χ2n) is 10.7. The van der Waals surface area contributed by atoms with Crippen LogP contribution < -0.4 is 11.3 Å². The molecule has 0 radical (unpaired) electrons. The summed E-state index contributed by atoms with van der Waals surface area (Å²) < 4.78 is 1.72. The van der Waals surface area contributed by atoms with Gasteiger partial charge in [-0.25, -0.2) is 4.98 Å². The Labute approximate surface area is 255 Å². The molecule has 0 saturated carbocycles. The number of ketones is 1. The number of nitrogens with zero attached hydrogens (tertiary/aromatic N) is 2. The molecule has 0 amide bonds. The number of thiazole rings is 1. The molecule has 1 atom stereocenters. The normalized spacial score (nSPS) is 12.1. The molecule has 4 rings (SSSR count). The number of aliphatic carboxylic acids is 1. The highest BCUT2D eigenvalue weighted by Gasteiger charge is 2.26. The van der Waals surface area contributed by atoms with Crippen LogP contribution in [0.25, 0.3) is 27.5 Å². The number of halogens is 1. The highest BCUT2D eigenvalue weighted by atomic mass is 35.5. The van der Waals surface area contributed by atoms with Crippen LogP contribution in [-0.2, 0) is 24.1 Å². The zero-order valence-electron chi connectivity index (χ0n) is 24.3. The first-order chi connectivity index (χ1) is 20.0. The molecule has 0 aliphatic rings. The van der Waals surface area contributed by atoms with E-state index < -0.39 is 12.0 Å². The lowest BCUT2D eigenvalue weighted by Gasteiger charge is -2.23. The number of aromatic nitrogens is 2. The van der Waals surface area contributed by atoms with Gasteiger partial charge in [-0.05, 0) is 60.9 Å². The van der Waals surface area contributed by atoms with Gasteiger partial charge in [-0.2, -0.15) is 0 Å². The van der Waals surface area contributed by atoms with Crippen LogP contribution >= 0.6 is 22.9 Å². The molecule has 2 aromatic carbocycles. The number of pyridine rings is 1. The maximum atomic E-state index is 14.5. The molecule has 0 aliphatic carbocycles. The van der Waals surface area contributed by atoms with Crippen LogP contribution in [0.4, 0.5) is 0 Å². The lowest BCUT2D eigenvalue weighted by molar-refractivity contribution is -0.138. The van der Waals surface area contributed by atoms with Crippen molar-refractivity contribution in [2.45, 2.75) is 65.8 Å². The number of carboxylic acid groups (broad SMARTS) is 1. The number of carboxylic acids is 1. The maximum absolute atomic E-state index is 14.5. The number of para-hydroxylation sites is 1. The molecular formula is C33H36ClN3O4S. The van der Waals surface area contributed by atoms with E-state index in [1.165, 1.54) is 11.3 Å². The molecule has 9 heteroatoms. The third-order valence-electron chi connectivity index (χ3n) is 7.27. The Morgan fingerprint density at radius 2 is 1.71 bits per heavy atom. The second-order valence-corrected chi connectivity index (χ2v) is 12.0. The minimum absolute atomic E-state index is 0.00648. The Morgan fingerprint density at radius 3 is 2.29 bits per heavy atom. The number of nitrogens with two attached hydrogens (primary N) is 1. The molecule has 0 unspecified atom stereocenters. The first kappa shape index (κ1) is 31.3. The van der Waals surface area contributed by atoms with E-state index in [2.05, 4.69) is 0 Å². The number of carbonyl (C=O) groups is 2. The summed E-state index contributed by atoms with van der Waals surface area (Å²) in [5.41, 5.74) is 11.2. The number of aryl methyl sites for hydroxylation is 2. The molecule has 3 N–H and O–H groups in total. The van der Waals surface area contributed by atoms with Gasteiger partial charge in [-0.15, -0.1) is 11.3 Å². The molecule has 0 bridgehead atoms. The lowest BCUT2D eigenvalue weighted by Crippen LogP contribution is -2.31. The van der Waals surface area contributed by atoms with Gasteiger partial charge in [0.05, 0.1) is 16.9 Å². The van der Waals surface area contributed by atoms with Crippen molar-refractivity contribution in [1.29, 1.82) is 0 Å². The summed E-state index contributed by atoms with van der Waals surface area (Å²) in [6.45, 7) is 8.19. The maximum Gasteiger partial charge on any atom is 0.320 e. The molecule has 4 aromatic rings. The Hall–Kier alpha value is -3.59. The molecule has 42 heavy (non-hydrogen) atoms. The summed E-state index contributed by atoms with van der Waals surface area (Å²) in [7, 11) is 0. The van der Waals surface area contributed by atoms with E-state index in [9.17, 15) is 19.5 Å². The van der Waals surface area contributed by atoms with Crippen molar-refractivity contribution in [3.05, 3.63) is 91.7 Å². The van der Waals surface area contributed by atoms with Crippen molar-refractivity contribution in [2.24, 2.45) is 11.7 Å². The molecule has 0 spiro atoms. The van der Waals surface area contributed by atoms with E-state index in [1.54, 1.807) is 22.8 Å². The van der Waals surface area contributed by atoms with Gasteiger partial charge in [0, 0.05) is 33.6 Å².